The Morgan fingerprint density at radius 1 is 1.50 bits per heavy atom. The summed E-state index contributed by atoms with van der Waals surface area (Å²) in [7, 11) is 0. The molecule has 0 aliphatic rings. The van der Waals surface area contributed by atoms with Gasteiger partial charge in [0.05, 0.1) is 0 Å². The van der Waals surface area contributed by atoms with Gasteiger partial charge in [0.2, 0.25) is 0 Å². The van der Waals surface area contributed by atoms with Crippen molar-refractivity contribution < 1.29 is 9.90 Å². The van der Waals surface area contributed by atoms with Gasteiger partial charge in [-0.15, -0.1) is 34.0 Å². The van der Waals surface area contributed by atoms with E-state index in [0.717, 1.165) is 0 Å². The van der Waals surface area contributed by atoms with Crippen molar-refractivity contribution in [2.75, 3.05) is 6.54 Å². The Hall–Kier alpha value is 0.350. The summed E-state index contributed by atoms with van der Waals surface area (Å²) in [5.74, 6) is -0.990. The molecular weight excluding hydrogens is 268 g/mol. The van der Waals surface area contributed by atoms with Gasteiger partial charge in [0.15, 0.2) is 0 Å². The summed E-state index contributed by atoms with van der Waals surface area (Å²) in [6.07, 6.45) is 0.343. The average molecular weight is 280 g/mol. The zero-order valence-electron chi connectivity index (χ0n) is 5.32. The highest BCUT2D eigenvalue weighted by Gasteiger charge is 2.07. The molecule has 0 bridgehead atoms. The molecule has 5 N–H and O–H groups in total. The SMILES string of the molecule is Br.Br.NCC[C@H](N)C(=O)O. The molecule has 0 aliphatic carbocycles. The number of carbonyl (C=O) groups is 1. The second kappa shape index (κ2) is 9.35. The van der Waals surface area contributed by atoms with Gasteiger partial charge in [-0.1, -0.05) is 0 Å². The third-order valence-corrected chi connectivity index (χ3v) is 0.795. The van der Waals surface area contributed by atoms with Crippen molar-refractivity contribution in [2.45, 2.75) is 12.5 Å². The molecule has 10 heavy (non-hydrogen) atoms. The maximum absolute atomic E-state index is 9.91. The first-order valence-corrected chi connectivity index (χ1v) is 2.37. The number of nitrogens with two attached hydrogens (primary N) is 2. The number of carboxylic acid groups (broad SMARTS) is 1. The molecule has 0 saturated carbocycles. The highest BCUT2D eigenvalue weighted by molar-refractivity contribution is 8.93. The van der Waals surface area contributed by atoms with Crippen molar-refractivity contribution in [3.05, 3.63) is 0 Å². The van der Waals surface area contributed by atoms with Crippen molar-refractivity contribution >= 4 is 39.9 Å². The van der Waals surface area contributed by atoms with Crippen LogP contribution in [0.3, 0.4) is 0 Å². The number of rotatable bonds is 3. The van der Waals surface area contributed by atoms with Crippen molar-refractivity contribution in [1.29, 1.82) is 0 Å². The summed E-state index contributed by atoms with van der Waals surface area (Å²) in [5, 5.41) is 8.13. The molecule has 0 aromatic rings. The summed E-state index contributed by atoms with van der Waals surface area (Å²) in [4.78, 5) is 9.91. The van der Waals surface area contributed by atoms with Crippen LogP contribution >= 0.6 is 34.0 Å². The van der Waals surface area contributed by atoms with Gasteiger partial charge < -0.3 is 16.6 Å². The van der Waals surface area contributed by atoms with Gasteiger partial charge in [0, 0.05) is 0 Å². The van der Waals surface area contributed by atoms with E-state index in [9.17, 15) is 4.79 Å². The molecule has 0 aliphatic heterocycles. The summed E-state index contributed by atoms with van der Waals surface area (Å²) in [6, 6.07) is -0.792. The smallest absolute Gasteiger partial charge is 0.320 e. The molecule has 0 saturated heterocycles. The Kier molecular flexibility index (Phi) is 15.7. The minimum absolute atomic E-state index is 0. The Balaban J connectivity index is -0.000000245. The average Bonchev–Trinajstić information content (AvgIpc) is 1.67. The monoisotopic (exact) mass is 278 g/mol. The summed E-state index contributed by atoms with van der Waals surface area (Å²) in [6.45, 7) is 0.327. The maximum atomic E-state index is 9.91. The van der Waals surface area contributed by atoms with Crippen LogP contribution in [-0.2, 0) is 4.79 Å². The number of carboxylic acids is 1. The van der Waals surface area contributed by atoms with Crippen molar-refractivity contribution in [3.8, 4) is 0 Å². The lowest BCUT2D eigenvalue weighted by Gasteiger charge is -2.00. The van der Waals surface area contributed by atoms with Gasteiger partial charge in [0.1, 0.15) is 6.04 Å². The lowest BCUT2D eigenvalue weighted by atomic mass is 10.2. The molecule has 0 radical (unpaired) electrons. The molecule has 4 nitrogen and oxygen atoms in total. The number of hydrogen-bond acceptors (Lipinski definition) is 3. The van der Waals surface area contributed by atoms with E-state index in [2.05, 4.69) is 0 Å². The van der Waals surface area contributed by atoms with E-state index in [1.54, 1.807) is 0 Å². The highest BCUT2D eigenvalue weighted by Crippen LogP contribution is 1.82. The topological polar surface area (TPSA) is 89.3 Å². The minimum atomic E-state index is -0.990. The third kappa shape index (κ3) is 8.35. The Labute approximate surface area is 80.5 Å². The Bertz CT molecular complexity index is 91.3. The first-order valence-electron chi connectivity index (χ1n) is 2.37. The van der Waals surface area contributed by atoms with E-state index >= 15 is 0 Å². The first-order chi connectivity index (χ1) is 3.68. The Morgan fingerprint density at radius 3 is 2.00 bits per heavy atom. The van der Waals surface area contributed by atoms with Crippen molar-refractivity contribution in [3.63, 3.8) is 0 Å². The molecule has 0 rings (SSSR count). The van der Waals surface area contributed by atoms with Gasteiger partial charge >= 0.3 is 5.97 Å². The van der Waals surface area contributed by atoms with E-state index in [0.29, 0.717) is 13.0 Å². The minimum Gasteiger partial charge on any atom is -0.480 e. The van der Waals surface area contributed by atoms with Crippen LogP contribution in [0.15, 0.2) is 0 Å². The zero-order chi connectivity index (χ0) is 6.57. The summed E-state index contributed by atoms with van der Waals surface area (Å²) < 4.78 is 0. The van der Waals surface area contributed by atoms with Crippen LogP contribution in [0, 0.1) is 0 Å². The zero-order valence-corrected chi connectivity index (χ0v) is 8.74. The standard InChI is InChI=1S/C4H10N2O2.2BrH/c5-2-1-3(6)4(7)8;;/h3H,1-2,5-6H2,(H,7,8);2*1H/t3-;;/m0../s1. The van der Waals surface area contributed by atoms with Crippen LogP contribution in [0.25, 0.3) is 0 Å². The van der Waals surface area contributed by atoms with Crippen molar-refractivity contribution in [1.82, 2.24) is 0 Å². The lowest BCUT2D eigenvalue weighted by molar-refractivity contribution is -0.138. The van der Waals surface area contributed by atoms with E-state index in [-0.39, 0.29) is 34.0 Å². The van der Waals surface area contributed by atoms with Crippen molar-refractivity contribution in [2.24, 2.45) is 11.5 Å². The van der Waals surface area contributed by atoms with E-state index < -0.39 is 12.0 Å². The van der Waals surface area contributed by atoms with E-state index in [1.165, 1.54) is 0 Å². The van der Waals surface area contributed by atoms with Crippen LogP contribution in [0.4, 0.5) is 0 Å². The molecule has 0 fully saturated rings. The fourth-order valence-electron chi connectivity index (χ4n) is 0.303. The largest absolute Gasteiger partial charge is 0.480 e. The normalized spacial score (nSPS) is 10.6. The fraction of sp³-hybridized carbons (Fsp3) is 0.750. The molecule has 0 heterocycles. The molecule has 0 aromatic heterocycles. The molecule has 0 aromatic carbocycles. The predicted octanol–water partition coefficient (Wildman–Crippen LogP) is -0.0971. The first kappa shape index (κ1) is 16.7. The summed E-state index contributed by atoms with van der Waals surface area (Å²) >= 11 is 0. The molecular formula is C4H12Br2N2O2. The number of hydrogen-bond donors (Lipinski definition) is 3. The summed E-state index contributed by atoms with van der Waals surface area (Å²) in [5.41, 5.74) is 10.1. The molecule has 64 valence electrons. The van der Waals surface area contributed by atoms with Gasteiger partial charge in [-0.25, -0.2) is 0 Å². The third-order valence-electron chi connectivity index (χ3n) is 0.795. The lowest BCUT2D eigenvalue weighted by Crippen LogP contribution is -2.32. The maximum Gasteiger partial charge on any atom is 0.320 e. The molecule has 1 atom stereocenters. The van der Waals surface area contributed by atoms with Gasteiger partial charge in [0.25, 0.3) is 0 Å². The number of halogens is 2. The van der Waals surface area contributed by atoms with Crippen LogP contribution in [-0.4, -0.2) is 23.7 Å². The molecule has 0 amide bonds. The second-order valence-electron chi connectivity index (χ2n) is 1.52. The van der Waals surface area contributed by atoms with Crippen LogP contribution in [0.2, 0.25) is 0 Å². The van der Waals surface area contributed by atoms with Gasteiger partial charge in [-0.2, -0.15) is 0 Å². The molecule has 0 spiro atoms. The molecule has 6 heteroatoms. The van der Waals surface area contributed by atoms with Crippen LogP contribution in [0.1, 0.15) is 6.42 Å². The van der Waals surface area contributed by atoms with Crippen LogP contribution < -0.4 is 11.5 Å². The highest BCUT2D eigenvalue weighted by atomic mass is 79.9. The molecule has 0 unspecified atom stereocenters. The quantitative estimate of drug-likeness (QED) is 0.673. The predicted molar refractivity (Wildman–Crippen MR) is 49.9 cm³/mol. The van der Waals surface area contributed by atoms with Gasteiger partial charge in [-0.05, 0) is 13.0 Å². The van der Waals surface area contributed by atoms with E-state index in [1.807, 2.05) is 0 Å². The van der Waals surface area contributed by atoms with Gasteiger partial charge in [-0.3, -0.25) is 4.79 Å². The number of aliphatic carboxylic acids is 1. The fourth-order valence-corrected chi connectivity index (χ4v) is 0.303. The van der Waals surface area contributed by atoms with E-state index in [4.69, 9.17) is 16.6 Å². The van der Waals surface area contributed by atoms with Crippen LogP contribution in [0.5, 0.6) is 0 Å². The Morgan fingerprint density at radius 2 is 1.90 bits per heavy atom. The second-order valence-corrected chi connectivity index (χ2v) is 1.52.